The van der Waals surface area contributed by atoms with E-state index >= 15 is 0 Å². The van der Waals surface area contributed by atoms with Gasteiger partial charge in [0.1, 0.15) is 11.0 Å². The van der Waals surface area contributed by atoms with Gasteiger partial charge in [-0.2, -0.15) is 11.8 Å². The molecule has 0 fully saturated rings. The van der Waals surface area contributed by atoms with Crippen molar-refractivity contribution in [3.8, 4) is 11.4 Å². The second-order valence-corrected chi connectivity index (χ2v) is 5.56. The topological polar surface area (TPSA) is 25.8 Å². The first-order chi connectivity index (χ1) is 8.65. The van der Waals surface area contributed by atoms with Gasteiger partial charge in [0.05, 0.1) is 5.69 Å². The van der Waals surface area contributed by atoms with Crippen molar-refractivity contribution in [3.63, 3.8) is 0 Å². The fraction of sp³-hybridized carbons (Fsp3) is 0.231. The van der Waals surface area contributed by atoms with Crippen LogP contribution in [0, 0.1) is 12.7 Å². The molecule has 0 saturated carbocycles. The summed E-state index contributed by atoms with van der Waals surface area (Å²) in [7, 11) is 0. The van der Waals surface area contributed by atoms with Crippen LogP contribution < -0.4 is 0 Å². The van der Waals surface area contributed by atoms with Gasteiger partial charge in [0.2, 0.25) is 0 Å². The largest absolute Gasteiger partial charge is 0.232 e. The van der Waals surface area contributed by atoms with Crippen molar-refractivity contribution in [1.82, 2.24) is 9.97 Å². The minimum Gasteiger partial charge on any atom is -0.232 e. The highest BCUT2D eigenvalue weighted by molar-refractivity contribution is 7.98. The monoisotopic (exact) mass is 280 g/mol. The zero-order valence-corrected chi connectivity index (χ0v) is 11.3. The summed E-state index contributed by atoms with van der Waals surface area (Å²) in [6.07, 6.45) is 0. The standard InChI is InChI=1S/C13H10ClFN2S/c1-7-4-8(15)2-3-9(7)13-16-11-6-18-5-10(11)12(14)17-13/h2-4H,5-6H2,1H3. The molecule has 1 aromatic carbocycles. The first-order valence-electron chi connectivity index (χ1n) is 5.54. The smallest absolute Gasteiger partial charge is 0.161 e. The zero-order chi connectivity index (χ0) is 12.7. The number of nitrogens with zero attached hydrogens (tertiary/aromatic N) is 2. The van der Waals surface area contributed by atoms with Crippen molar-refractivity contribution in [2.45, 2.75) is 18.4 Å². The SMILES string of the molecule is Cc1cc(F)ccc1-c1nc(Cl)c2c(n1)CSC2. The van der Waals surface area contributed by atoms with Crippen molar-refractivity contribution < 1.29 is 4.39 Å². The molecule has 0 amide bonds. The van der Waals surface area contributed by atoms with Crippen molar-refractivity contribution in [2.75, 3.05) is 0 Å². The molecule has 2 nitrogen and oxygen atoms in total. The summed E-state index contributed by atoms with van der Waals surface area (Å²) < 4.78 is 13.1. The Morgan fingerprint density at radius 3 is 2.89 bits per heavy atom. The number of halogens is 2. The number of hydrogen-bond donors (Lipinski definition) is 0. The van der Waals surface area contributed by atoms with Crippen molar-refractivity contribution in [3.05, 3.63) is 46.0 Å². The van der Waals surface area contributed by atoms with Gasteiger partial charge in [-0.05, 0) is 30.7 Å². The van der Waals surface area contributed by atoms with Gasteiger partial charge < -0.3 is 0 Å². The minimum atomic E-state index is -0.251. The van der Waals surface area contributed by atoms with E-state index in [2.05, 4.69) is 9.97 Å². The Bertz CT molecular complexity index is 631. The molecule has 1 aliphatic heterocycles. The van der Waals surface area contributed by atoms with Crippen molar-refractivity contribution in [2.24, 2.45) is 0 Å². The molecule has 0 saturated heterocycles. The van der Waals surface area contributed by atoms with Crippen LogP contribution in [-0.4, -0.2) is 9.97 Å². The van der Waals surface area contributed by atoms with Crippen LogP contribution >= 0.6 is 23.4 Å². The van der Waals surface area contributed by atoms with E-state index in [0.717, 1.165) is 33.9 Å². The van der Waals surface area contributed by atoms with E-state index in [4.69, 9.17) is 11.6 Å². The Morgan fingerprint density at radius 1 is 1.28 bits per heavy atom. The number of hydrogen-bond acceptors (Lipinski definition) is 3. The molecule has 0 atom stereocenters. The lowest BCUT2D eigenvalue weighted by Gasteiger charge is -2.07. The summed E-state index contributed by atoms with van der Waals surface area (Å²) in [5.41, 5.74) is 3.68. The van der Waals surface area contributed by atoms with Gasteiger partial charge in [-0.25, -0.2) is 14.4 Å². The summed E-state index contributed by atoms with van der Waals surface area (Å²) in [5, 5.41) is 0.517. The number of rotatable bonds is 1. The molecule has 0 unspecified atom stereocenters. The van der Waals surface area contributed by atoms with Crippen LogP contribution in [0.1, 0.15) is 16.8 Å². The van der Waals surface area contributed by atoms with E-state index in [-0.39, 0.29) is 5.82 Å². The first kappa shape index (κ1) is 11.9. The van der Waals surface area contributed by atoms with Gasteiger partial charge in [-0.3, -0.25) is 0 Å². The molecule has 1 aliphatic rings. The Kier molecular flexibility index (Phi) is 2.99. The quantitative estimate of drug-likeness (QED) is 0.739. The molecule has 3 rings (SSSR count). The van der Waals surface area contributed by atoms with Gasteiger partial charge in [0, 0.05) is 22.6 Å². The van der Waals surface area contributed by atoms with E-state index in [0.29, 0.717) is 11.0 Å². The van der Waals surface area contributed by atoms with Gasteiger partial charge in [-0.1, -0.05) is 11.6 Å². The average molecular weight is 281 g/mol. The summed E-state index contributed by atoms with van der Waals surface area (Å²) in [6.45, 7) is 1.84. The highest BCUT2D eigenvalue weighted by Gasteiger charge is 2.19. The minimum absolute atomic E-state index is 0.251. The second-order valence-electron chi connectivity index (χ2n) is 4.22. The molecular weight excluding hydrogens is 271 g/mol. The number of fused-ring (bicyclic) bond motifs is 1. The Morgan fingerprint density at radius 2 is 2.11 bits per heavy atom. The third kappa shape index (κ3) is 1.99. The highest BCUT2D eigenvalue weighted by Crippen LogP contribution is 2.34. The molecule has 92 valence electrons. The molecule has 0 radical (unpaired) electrons. The molecule has 18 heavy (non-hydrogen) atoms. The summed E-state index contributed by atoms with van der Waals surface area (Å²) in [5.74, 6) is 2.07. The molecule has 0 aliphatic carbocycles. The molecule has 0 spiro atoms. The van der Waals surface area contributed by atoms with E-state index in [1.54, 1.807) is 17.8 Å². The van der Waals surface area contributed by atoms with E-state index in [1.807, 2.05) is 6.92 Å². The van der Waals surface area contributed by atoms with E-state index in [1.165, 1.54) is 12.1 Å². The number of thioether (sulfide) groups is 1. The molecule has 2 aromatic rings. The Hall–Kier alpha value is -1.13. The summed E-state index contributed by atoms with van der Waals surface area (Å²) in [4.78, 5) is 8.86. The van der Waals surface area contributed by atoms with Crippen molar-refractivity contribution in [1.29, 1.82) is 0 Å². The molecule has 2 heterocycles. The van der Waals surface area contributed by atoms with Crippen molar-refractivity contribution >= 4 is 23.4 Å². The van der Waals surface area contributed by atoms with Crippen LogP contribution in [0.15, 0.2) is 18.2 Å². The first-order valence-corrected chi connectivity index (χ1v) is 7.08. The maximum absolute atomic E-state index is 13.1. The van der Waals surface area contributed by atoms with E-state index in [9.17, 15) is 4.39 Å². The van der Waals surface area contributed by atoms with Crippen LogP contribution in [0.2, 0.25) is 5.15 Å². The summed E-state index contributed by atoms with van der Waals surface area (Å²) >= 11 is 7.95. The third-order valence-electron chi connectivity index (χ3n) is 2.96. The zero-order valence-electron chi connectivity index (χ0n) is 9.70. The van der Waals surface area contributed by atoms with Crippen LogP contribution in [0.4, 0.5) is 4.39 Å². The lowest BCUT2D eigenvalue weighted by atomic mass is 10.1. The number of aromatic nitrogens is 2. The van der Waals surface area contributed by atoms with Crippen LogP contribution in [-0.2, 0) is 11.5 Å². The maximum Gasteiger partial charge on any atom is 0.161 e. The molecule has 0 bridgehead atoms. The van der Waals surface area contributed by atoms with Gasteiger partial charge in [0.25, 0.3) is 0 Å². The number of aryl methyl sites for hydroxylation is 1. The van der Waals surface area contributed by atoms with Crippen LogP contribution in [0.3, 0.4) is 0 Å². The number of benzene rings is 1. The fourth-order valence-corrected chi connectivity index (χ4v) is 3.39. The van der Waals surface area contributed by atoms with Crippen LogP contribution in [0.5, 0.6) is 0 Å². The highest BCUT2D eigenvalue weighted by atomic mass is 35.5. The predicted octanol–water partition coefficient (Wildman–Crippen LogP) is 3.99. The Labute approximate surface area is 114 Å². The second kappa shape index (κ2) is 4.52. The lowest BCUT2D eigenvalue weighted by Crippen LogP contribution is -1.98. The van der Waals surface area contributed by atoms with E-state index < -0.39 is 0 Å². The maximum atomic E-state index is 13.1. The predicted molar refractivity (Wildman–Crippen MR) is 72.2 cm³/mol. The normalized spacial score (nSPS) is 13.7. The molecule has 1 aromatic heterocycles. The molecule has 0 N–H and O–H groups in total. The average Bonchev–Trinajstić information content (AvgIpc) is 2.77. The molecular formula is C13H10ClFN2S. The van der Waals surface area contributed by atoms with Gasteiger partial charge in [-0.15, -0.1) is 0 Å². The van der Waals surface area contributed by atoms with Gasteiger partial charge >= 0.3 is 0 Å². The Balaban J connectivity index is 2.15. The fourth-order valence-electron chi connectivity index (χ4n) is 2.01. The summed E-state index contributed by atoms with van der Waals surface area (Å²) in [6, 6.07) is 4.60. The third-order valence-corrected chi connectivity index (χ3v) is 4.24. The lowest BCUT2D eigenvalue weighted by molar-refractivity contribution is 0.627. The van der Waals surface area contributed by atoms with Crippen LogP contribution in [0.25, 0.3) is 11.4 Å². The van der Waals surface area contributed by atoms with Gasteiger partial charge in [0.15, 0.2) is 5.82 Å². The molecule has 5 heteroatoms.